The van der Waals surface area contributed by atoms with Gasteiger partial charge in [-0.05, 0) is 0 Å². The van der Waals surface area contributed by atoms with Gasteiger partial charge in [0, 0.05) is 48.0 Å². The smallest absolute Gasteiger partial charge is 0.203 e. The van der Waals surface area contributed by atoms with Crippen LogP contribution in [0.4, 0.5) is 5.13 Å². The number of nitrogens with zero attached hydrogens (tertiary/aromatic N) is 4. The third-order valence-corrected chi connectivity index (χ3v) is 4.51. The van der Waals surface area contributed by atoms with Crippen molar-refractivity contribution >= 4 is 16.7 Å². The van der Waals surface area contributed by atoms with E-state index in [9.17, 15) is 0 Å². The van der Waals surface area contributed by atoms with Gasteiger partial charge in [0.05, 0.1) is 5.69 Å². The minimum absolute atomic E-state index is 0.654. The maximum atomic E-state index is 4.59. The lowest BCUT2D eigenvalue weighted by Crippen LogP contribution is -1.99. The Balaban J connectivity index is 1.52. The molecule has 1 N–H and O–H groups in total. The van der Waals surface area contributed by atoms with E-state index in [4.69, 9.17) is 0 Å². The van der Waals surface area contributed by atoms with Crippen molar-refractivity contribution in [2.75, 3.05) is 5.32 Å². The number of aromatic nitrogens is 4. The van der Waals surface area contributed by atoms with Gasteiger partial charge < -0.3 is 5.32 Å². The Labute approximate surface area is 150 Å². The molecule has 6 heteroatoms. The van der Waals surface area contributed by atoms with Crippen molar-refractivity contribution in [3.8, 4) is 22.6 Å². The molecule has 0 aliphatic carbocycles. The van der Waals surface area contributed by atoms with Gasteiger partial charge in [-0.25, -0.2) is 0 Å². The summed E-state index contributed by atoms with van der Waals surface area (Å²) in [7, 11) is 1.94. The monoisotopic (exact) mass is 347 g/mol. The molecule has 2 aromatic carbocycles. The molecule has 4 aromatic rings. The van der Waals surface area contributed by atoms with Crippen LogP contribution < -0.4 is 5.32 Å². The molecule has 2 aromatic heterocycles. The average molecular weight is 347 g/mol. The second-order valence-electron chi connectivity index (χ2n) is 5.69. The third kappa shape index (κ3) is 3.44. The van der Waals surface area contributed by atoms with Crippen molar-refractivity contribution < 1.29 is 0 Å². The Hall–Kier alpha value is -2.99. The molecule has 0 bridgehead atoms. The van der Waals surface area contributed by atoms with Gasteiger partial charge in [0.2, 0.25) is 5.13 Å². The van der Waals surface area contributed by atoms with E-state index in [1.165, 1.54) is 11.5 Å². The second-order valence-corrected chi connectivity index (χ2v) is 6.44. The van der Waals surface area contributed by atoms with Crippen LogP contribution in [-0.4, -0.2) is 19.1 Å². The van der Waals surface area contributed by atoms with E-state index in [1.54, 1.807) is 0 Å². The van der Waals surface area contributed by atoms with Crippen LogP contribution in [-0.2, 0) is 13.6 Å². The quantitative estimate of drug-likeness (QED) is 0.587. The molecular formula is C19H17N5S. The van der Waals surface area contributed by atoms with Gasteiger partial charge >= 0.3 is 0 Å². The van der Waals surface area contributed by atoms with E-state index in [1.807, 2.05) is 66.5 Å². The Kier molecular flexibility index (Phi) is 4.26. The number of hydrogen-bond donors (Lipinski definition) is 1. The molecule has 0 aliphatic heterocycles. The number of benzene rings is 2. The highest BCUT2D eigenvalue weighted by molar-refractivity contribution is 7.09. The standard InChI is InChI=1S/C19H17N5S/c1-24-13-16(17(22-24)14-8-4-2-5-9-14)12-20-19-21-18(23-25-19)15-10-6-3-7-11-15/h2-11,13H,12H2,1H3,(H,20,21,23). The Bertz CT molecular complexity index is 960. The van der Waals surface area contributed by atoms with Crippen LogP contribution in [0.2, 0.25) is 0 Å². The van der Waals surface area contributed by atoms with Crippen molar-refractivity contribution in [3.63, 3.8) is 0 Å². The fraction of sp³-hybridized carbons (Fsp3) is 0.105. The van der Waals surface area contributed by atoms with Crippen LogP contribution in [0.15, 0.2) is 66.9 Å². The number of nitrogens with one attached hydrogen (secondary N) is 1. The highest BCUT2D eigenvalue weighted by Crippen LogP contribution is 2.24. The Morgan fingerprint density at radius 3 is 2.36 bits per heavy atom. The summed E-state index contributed by atoms with van der Waals surface area (Å²) >= 11 is 1.37. The van der Waals surface area contributed by atoms with Crippen LogP contribution >= 0.6 is 11.5 Å². The van der Waals surface area contributed by atoms with Crippen molar-refractivity contribution in [3.05, 3.63) is 72.4 Å². The van der Waals surface area contributed by atoms with Crippen molar-refractivity contribution in [2.45, 2.75) is 6.54 Å². The lowest BCUT2D eigenvalue weighted by Gasteiger charge is -2.03. The fourth-order valence-corrected chi connectivity index (χ4v) is 3.26. The van der Waals surface area contributed by atoms with Crippen LogP contribution in [0.25, 0.3) is 22.6 Å². The minimum Gasteiger partial charge on any atom is -0.356 e. The first-order valence-electron chi connectivity index (χ1n) is 8.00. The minimum atomic E-state index is 0.654. The molecular weight excluding hydrogens is 330 g/mol. The Morgan fingerprint density at radius 1 is 0.960 bits per heavy atom. The van der Waals surface area contributed by atoms with Gasteiger partial charge in [-0.15, -0.1) is 0 Å². The maximum absolute atomic E-state index is 4.59. The molecule has 25 heavy (non-hydrogen) atoms. The summed E-state index contributed by atoms with van der Waals surface area (Å²) in [6, 6.07) is 20.2. The van der Waals surface area contributed by atoms with Crippen LogP contribution in [0.1, 0.15) is 5.56 Å². The Morgan fingerprint density at radius 2 is 1.64 bits per heavy atom. The summed E-state index contributed by atoms with van der Waals surface area (Å²) in [6.45, 7) is 0.654. The second kappa shape index (κ2) is 6.86. The van der Waals surface area contributed by atoms with Gasteiger partial charge in [-0.3, -0.25) is 4.68 Å². The zero-order valence-corrected chi connectivity index (χ0v) is 14.6. The molecule has 2 heterocycles. The molecule has 0 unspecified atom stereocenters. The molecule has 0 atom stereocenters. The van der Waals surface area contributed by atoms with E-state index in [0.29, 0.717) is 6.54 Å². The van der Waals surface area contributed by atoms with E-state index < -0.39 is 0 Å². The number of rotatable bonds is 5. The molecule has 0 amide bonds. The summed E-state index contributed by atoms with van der Waals surface area (Å²) in [5.74, 6) is 0.752. The first-order valence-corrected chi connectivity index (χ1v) is 8.78. The molecule has 0 radical (unpaired) electrons. The van der Waals surface area contributed by atoms with E-state index in [2.05, 4.69) is 31.9 Å². The molecule has 0 saturated heterocycles. The van der Waals surface area contributed by atoms with Gasteiger partial charge in [-0.2, -0.15) is 14.5 Å². The highest BCUT2D eigenvalue weighted by Gasteiger charge is 2.11. The molecule has 5 nitrogen and oxygen atoms in total. The molecule has 0 aliphatic rings. The van der Waals surface area contributed by atoms with Crippen molar-refractivity contribution in [2.24, 2.45) is 7.05 Å². The first kappa shape index (κ1) is 15.5. The van der Waals surface area contributed by atoms with Crippen molar-refractivity contribution in [1.82, 2.24) is 19.1 Å². The normalized spacial score (nSPS) is 10.8. The third-order valence-electron chi connectivity index (χ3n) is 3.84. The predicted octanol–water partition coefficient (Wildman–Crippen LogP) is 4.22. The molecule has 0 saturated carbocycles. The summed E-state index contributed by atoms with van der Waals surface area (Å²) in [5, 5.41) is 8.76. The van der Waals surface area contributed by atoms with E-state index in [-0.39, 0.29) is 0 Å². The fourth-order valence-electron chi connectivity index (χ4n) is 2.68. The largest absolute Gasteiger partial charge is 0.356 e. The summed E-state index contributed by atoms with van der Waals surface area (Å²) in [6.07, 6.45) is 2.04. The van der Waals surface area contributed by atoms with Crippen molar-refractivity contribution in [1.29, 1.82) is 0 Å². The van der Waals surface area contributed by atoms with E-state index in [0.717, 1.165) is 33.3 Å². The molecule has 124 valence electrons. The zero-order valence-electron chi connectivity index (χ0n) is 13.8. The summed E-state index contributed by atoms with van der Waals surface area (Å²) < 4.78 is 6.27. The predicted molar refractivity (Wildman–Crippen MR) is 101 cm³/mol. The van der Waals surface area contributed by atoms with Crippen LogP contribution in [0.5, 0.6) is 0 Å². The molecule has 4 rings (SSSR count). The number of aryl methyl sites for hydroxylation is 1. The average Bonchev–Trinajstić information content (AvgIpc) is 3.28. The summed E-state index contributed by atoms with van der Waals surface area (Å²) in [4.78, 5) is 4.57. The van der Waals surface area contributed by atoms with Crippen LogP contribution in [0, 0.1) is 0 Å². The van der Waals surface area contributed by atoms with Gasteiger partial charge in [0.1, 0.15) is 0 Å². The van der Waals surface area contributed by atoms with E-state index >= 15 is 0 Å². The number of anilines is 1. The molecule has 0 fully saturated rings. The lowest BCUT2D eigenvalue weighted by molar-refractivity contribution is 0.770. The van der Waals surface area contributed by atoms with Gasteiger partial charge in [0.25, 0.3) is 0 Å². The number of hydrogen-bond acceptors (Lipinski definition) is 5. The topological polar surface area (TPSA) is 55.6 Å². The summed E-state index contributed by atoms with van der Waals surface area (Å²) in [5.41, 5.74) is 4.26. The lowest BCUT2D eigenvalue weighted by atomic mass is 10.1. The maximum Gasteiger partial charge on any atom is 0.203 e. The highest BCUT2D eigenvalue weighted by atomic mass is 32.1. The van der Waals surface area contributed by atoms with Crippen LogP contribution in [0.3, 0.4) is 0 Å². The molecule has 0 spiro atoms. The SMILES string of the molecule is Cn1cc(CNc2nc(-c3ccccc3)ns2)c(-c2ccccc2)n1. The first-order chi connectivity index (χ1) is 12.3. The zero-order chi connectivity index (χ0) is 17.1. The van der Waals surface area contributed by atoms with Gasteiger partial charge in [0.15, 0.2) is 5.82 Å². The van der Waals surface area contributed by atoms with Gasteiger partial charge in [-0.1, -0.05) is 60.7 Å².